The van der Waals surface area contributed by atoms with Crippen LogP contribution in [0.2, 0.25) is 18.1 Å². The Morgan fingerprint density at radius 2 is 1.74 bits per heavy atom. The second-order valence-corrected chi connectivity index (χ2v) is 13.0. The number of hydrogen-bond donors (Lipinski definition) is 1. The zero-order valence-corrected chi connectivity index (χ0v) is 14.6. The van der Waals surface area contributed by atoms with Crippen molar-refractivity contribution in [1.29, 1.82) is 0 Å². The third kappa shape index (κ3) is 2.97. The van der Waals surface area contributed by atoms with Crippen LogP contribution in [0.1, 0.15) is 41.5 Å². The second kappa shape index (κ2) is 4.48. The quantitative estimate of drug-likeness (QED) is 0.634. The average Bonchev–Trinajstić information content (AvgIpc) is 2.87. The van der Waals surface area contributed by atoms with Crippen molar-refractivity contribution in [3.63, 3.8) is 0 Å². The van der Waals surface area contributed by atoms with Gasteiger partial charge in [0.1, 0.15) is 0 Å². The van der Waals surface area contributed by atoms with E-state index < -0.39 is 14.4 Å². The Balaban J connectivity index is 2.82. The minimum atomic E-state index is -1.84. The van der Waals surface area contributed by atoms with E-state index in [1.165, 1.54) is 4.90 Å². The maximum atomic E-state index is 11.2. The normalized spacial score (nSPS) is 24.5. The van der Waals surface area contributed by atoms with Crippen LogP contribution in [0.5, 0.6) is 0 Å². The van der Waals surface area contributed by atoms with Crippen molar-refractivity contribution in [2.45, 2.75) is 65.2 Å². The van der Waals surface area contributed by atoms with Crippen LogP contribution < -0.4 is 0 Å². The predicted molar refractivity (Wildman–Crippen MR) is 80.1 cm³/mol. The first-order valence-corrected chi connectivity index (χ1v) is 9.80. The molecule has 0 aromatic rings. The van der Waals surface area contributed by atoms with Crippen molar-refractivity contribution < 1.29 is 14.3 Å². The van der Waals surface area contributed by atoms with Crippen molar-refractivity contribution in [2.24, 2.45) is 5.41 Å². The molecule has 1 aliphatic rings. The Bertz CT molecular complexity index is 368. The van der Waals surface area contributed by atoms with Gasteiger partial charge in [0.15, 0.2) is 8.32 Å². The summed E-state index contributed by atoms with van der Waals surface area (Å²) in [5.74, 6) is 0. The van der Waals surface area contributed by atoms with Crippen molar-refractivity contribution in [2.75, 3.05) is 13.2 Å². The lowest BCUT2D eigenvalue weighted by Crippen LogP contribution is -2.48. The molecule has 1 atom stereocenters. The lowest BCUT2D eigenvalue weighted by atomic mass is 9.80. The molecule has 0 aliphatic carbocycles. The predicted octanol–water partition coefficient (Wildman–Crippen LogP) is 3.79. The fourth-order valence-electron chi connectivity index (χ4n) is 1.98. The van der Waals surface area contributed by atoms with E-state index in [1.807, 2.05) is 0 Å². The van der Waals surface area contributed by atoms with Crippen LogP contribution in [0.15, 0.2) is 0 Å². The Morgan fingerprint density at radius 1 is 1.26 bits per heavy atom. The third-order valence-corrected chi connectivity index (χ3v) is 9.42. The molecule has 0 bridgehead atoms. The summed E-state index contributed by atoms with van der Waals surface area (Å²) < 4.78 is 6.26. The molecule has 1 N–H and O–H groups in total. The smallest absolute Gasteiger partial charge is 0.408 e. The van der Waals surface area contributed by atoms with Crippen LogP contribution in [0.3, 0.4) is 0 Å². The van der Waals surface area contributed by atoms with Crippen molar-refractivity contribution in [1.82, 2.24) is 4.90 Å². The van der Waals surface area contributed by atoms with Crippen LogP contribution in [0.25, 0.3) is 0 Å². The van der Waals surface area contributed by atoms with Gasteiger partial charge in [-0.25, -0.2) is 4.79 Å². The summed E-state index contributed by atoms with van der Waals surface area (Å²) in [6, 6.07) is 0. The molecule has 1 fully saturated rings. The number of hydrogen-bond acceptors (Lipinski definition) is 2. The summed E-state index contributed by atoms with van der Waals surface area (Å²) in [7, 11) is -1.84. The summed E-state index contributed by atoms with van der Waals surface area (Å²) in [5, 5.41) is 9.37. The Labute approximate surface area is 118 Å². The molecular formula is C14H29NO3Si. The molecule has 0 spiro atoms. The first-order valence-electron chi connectivity index (χ1n) is 6.89. The molecule has 0 aromatic carbocycles. The number of nitrogens with zero attached hydrogens (tertiary/aromatic N) is 1. The minimum absolute atomic E-state index is 0.103. The standard InChI is InChI=1S/C14H29NO3Si/c1-12(2,3)14(9-15(14)11(16)17)10-18-19(7,8)13(4,5)6/h9-10H2,1-8H3,(H,16,17)/t14-,15?/m0/s1. The number of carbonyl (C=O) groups is 1. The highest BCUT2D eigenvalue weighted by atomic mass is 28.4. The van der Waals surface area contributed by atoms with E-state index >= 15 is 0 Å². The first-order chi connectivity index (χ1) is 8.25. The van der Waals surface area contributed by atoms with E-state index in [-0.39, 0.29) is 16.0 Å². The molecule has 19 heavy (non-hydrogen) atoms. The van der Waals surface area contributed by atoms with Gasteiger partial charge in [-0.15, -0.1) is 0 Å². The summed E-state index contributed by atoms with van der Waals surface area (Å²) >= 11 is 0. The number of rotatable bonds is 3. The molecule has 1 aliphatic heterocycles. The van der Waals surface area contributed by atoms with Crippen molar-refractivity contribution in [3.05, 3.63) is 0 Å². The maximum absolute atomic E-state index is 11.2. The molecular weight excluding hydrogens is 258 g/mol. The number of carboxylic acid groups (broad SMARTS) is 1. The van der Waals surface area contributed by atoms with Gasteiger partial charge >= 0.3 is 6.09 Å². The highest BCUT2D eigenvalue weighted by molar-refractivity contribution is 6.74. The molecule has 1 saturated heterocycles. The zero-order valence-electron chi connectivity index (χ0n) is 13.6. The van der Waals surface area contributed by atoms with E-state index in [0.29, 0.717) is 13.2 Å². The SMILES string of the molecule is CC(C)(C)[C@@]1(CO[Si](C)(C)C(C)(C)C)CN1C(=O)O. The Kier molecular flexibility index (Phi) is 3.89. The summed E-state index contributed by atoms with van der Waals surface area (Å²) in [4.78, 5) is 12.7. The van der Waals surface area contributed by atoms with Crippen LogP contribution in [-0.4, -0.2) is 43.1 Å². The van der Waals surface area contributed by atoms with Gasteiger partial charge in [-0.1, -0.05) is 41.5 Å². The van der Waals surface area contributed by atoms with E-state index in [9.17, 15) is 9.90 Å². The molecule has 0 aromatic heterocycles. The van der Waals surface area contributed by atoms with Gasteiger partial charge in [-0.3, -0.25) is 4.90 Å². The summed E-state index contributed by atoms with van der Waals surface area (Å²) in [6.45, 7) is 18.4. The van der Waals surface area contributed by atoms with Gasteiger partial charge in [-0.05, 0) is 23.5 Å². The molecule has 112 valence electrons. The summed E-state index contributed by atoms with van der Waals surface area (Å²) in [6.07, 6.45) is -0.839. The van der Waals surface area contributed by atoms with Gasteiger partial charge in [0.2, 0.25) is 0 Å². The van der Waals surface area contributed by atoms with Crippen LogP contribution in [0, 0.1) is 5.41 Å². The van der Waals surface area contributed by atoms with E-state index in [2.05, 4.69) is 54.6 Å². The van der Waals surface area contributed by atoms with Gasteiger partial charge in [0, 0.05) is 0 Å². The van der Waals surface area contributed by atoms with E-state index in [0.717, 1.165) is 0 Å². The fraction of sp³-hybridized carbons (Fsp3) is 0.929. The van der Waals surface area contributed by atoms with Crippen LogP contribution in [-0.2, 0) is 4.43 Å². The molecule has 1 heterocycles. The van der Waals surface area contributed by atoms with E-state index in [4.69, 9.17) is 4.43 Å². The molecule has 4 nitrogen and oxygen atoms in total. The Morgan fingerprint density at radius 3 is 2.00 bits per heavy atom. The number of amides is 1. The largest absolute Gasteiger partial charge is 0.465 e. The molecule has 5 heteroatoms. The minimum Gasteiger partial charge on any atom is -0.465 e. The van der Waals surface area contributed by atoms with Gasteiger partial charge < -0.3 is 9.53 Å². The van der Waals surface area contributed by atoms with Crippen molar-refractivity contribution in [3.8, 4) is 0 Å². The average molecular weight is 287 g/mol. The molecule has 1 amide bonds. The lowest BCUT2D eigenvalue weighted by Gasteiger charge is -2.39. The highest BCUT2D eigenvalue weighted by Crippen LogP contribution is 2.48. The second-order valence-electron chi connectivity index (χ2n) is 8.20. The molecule has 0 unspecified atom stereocenters. The maximum Gasteiger partial charge on any atom is 0.408 e. The fourth-order valence-corrected chi connectivity index (χ4v) is 3.01. The molecule has 0 saturated carbocycles. The van der Waals surface area contributed by atoms with Crippen LogP contribution in [0.4, 0.5) is 4.79 Å². The van der Waals surface area contributed by atoms with Crippen LogP contribution >= 0.6 is 0 Å². The van der Waals surface area contributed by atoms with Gasteiger partial charge in [0.05, 0.1) is 18.7 Å². The topological polar surface area (TPSA) is 49.5 Å². The first kappa shape index (κ1) is 16.5. The van der Waals surface area contributed by atoms with Crippen molar-refractivity contribution >= 4 is 14.4 Å². The highest BCUT2D eigenvalue weighted by Gasteiger charge is 2.63. The van der Waals surface area contributed by atoms with Gasteiger partial charge in [-0.2, -0.15) is 0 Å². The lowest BCUT2D eigenvalue weighted by molar-refractivity contribution is 0.113. The molecule has 1 rings (SSSR count). The molecule has 0 radical (unpaired) electrons. The van der Waals surface area contributed by atoms with Gasteiger partial charge in [0.25, 0.3) is 0 Å². The zero-order chi connectivity index (χ0) is 15.3. The van der Waals surface area contributed by atoms with E-state index in [1.54, 1.807) is 0 Å². The summed E-state index contributed by atoms with van der Waals surface area (Å²) in [5.41, 5.74) is -0.456. The Hall–Kier alpha value is -0.553. The third-order valence-electron chi connectivity index (χ3n) is 4.94. The monoisotopic (exact) mass is 287 g/mol.